The fourth-order valence-corrected chi connectivity index (χ4v) is 1.54. The number of rotatable bonds is 3. The van der Waals surface area contributed by atoms with Gasteiger partial charge in [0, 0.05) is 12.8 Å². The third kappa shape index (κ3) is 2.46. The Morgan fingerprint density at radius 3 is 3.00 bits per heavy atom. The predicted octanol–water partition coefficient (Wildman–Crippen LogP) is 1.87. The predicted molar refractivity (Wildman–Crippen MR) is 56.6 cm³/mol. The van der Waals surface area contributed by atoms with Crippen LogP contribution in [0.1, 0.15) is 37.7 Å². The van der Waals surface area contributed by atoms with Gasteiger partial charge in [-0.1, -0.05) is 6.92 Å². The lowest BCUT2D eigenvalue weighted by Gasteiger charge is -1.91. The minimum Gasteiger partial charge on any atom is -0.460 e. The smallest absolute Gasteiger partial charge is 0.236 e. The Morgan fingerprint density at radius 2 is 2.40 bits per heavy atom. The number of nitrogens with zero attached hydrogens (tertiary/aromatic N) is 1. The monoisotopic (exact) mass is 206 g/mol. The summed E-state index contributed by atoms with van der Waals surface area (Å²) in [6, 6.07) is 3.84. The van der Waals surface area contributed by atoms with Gasteiger partial charge in [0.05, 0.1) is 6.21 Å². The second kappa shape index (κ2) is 3.88. The Balaban J connectivity index is 1.95. The van der Waals surface area contributed by atoms with Gasteiger partial charge < -0.3 is 4.42 Å². The van der Waals surface area contributed by atoms with E-state index in [1.54, 1.807) is 0 Å². The van der Waals surface area contributed by atoms with Crippen molar-refractivity contribution in [2.45, 2.75) is 26.2 Å². The van der Waals surface area contributed by atoms with Gasteiger partial charge >= 0.3 is 0 Å². The van der Waals surface area contributed by atoms with Crippen molar-refractivity contribution in [1.82, 2.24) is 5.43 Å². The number of carbonyl (C=O) groups excluding carboxylic acids is 1. The number of amides is 1. The maximum absolute atomic E-state index is 10.5. The molecule has 2 rings (SSSR count). The highest BCUT2D eigenvalue weighted by atomic mass is 16.3. The normalized spacial score (nSPS) is 24.4. The maximum atomic E-state index is 10.5. The van der Waals surface area contributed by atoms with Crippen LogP contribution in [0, 0.1) is 5.92 Å². The van der Waals surface area contributed by atoms with Crippen molar-refractivity contribution in [3.63, 3.8) is 0 Å². The lowest BCUT2D eigenvalue weighted by molar-refractivity contribution is -0.118. The summed E-state index contributed by atoms with van der Waals surface area (Å²) >= 11 is 0. The molecule has 4 heteroatoms. The maximum Gasteiger partial charge on any atom is 0.236 e. The van der Waals surface area contributed by atoms with Crippen LogP contribution in [-0.2, 0) is 4.79 Å². The van der Waals surface area contributed by atoms with E-state index < -0.39 is 0 Å². The molecule has 1 aromatic rings. The van der Waals surface area contributed by atoms with Gasteiger partial charge in [0.15, 0.2) is 0 Å². The summed E-state index contributed by atoms with van der Waals surface area (Å²) in [4.78, 5) is 10.5. The van der Waals surface area contributed by atoms with Crippen molar-refractivity contribution >= 4 is 12.1 Å². The Kier molecular flexibility index (Phi) is 2.58. The molecule has 0 spiro atoms. The van der Waals surface area contributed by atoms with Crippen LogP contribution >= 0.6 is 0 Å². The molecule has 1 aromatic heterocycles. The van der Waals surface area contributed by atoms with Gasteiger partial charge in [-0.3, -0.25) is 4.79 Å². The molecule has 0 unspecified atom stereocenters. The zero-order valence-corrected chi connectivity index (χ0v) is 8.86. The first-order valence-electron chi connectivity index (χ1n) is 5.06. The standard InChI is InChI=1S/C11H14N2O2/c1-7-5-10(7)11-4-3-9(15-11)6-12-13-8(2)14/h3-4,6-7,10H,5H2,1-2H3,(H,13,14)/b12-6-/t7-,10+/m0/s1. The van der Waals surface area contributed by atoms with Gasteiger partial charge in [0.2, 0.25) is 5.91 Å². The van der Waals surface area contributed by atoms with Crippen LogP contribution in [0.25, 0.3) is 0 Å². The number of nitrogens with one attached hydrogen (secondary N) is 1. The number of hydrazone groups is 1. The largest absolute Gasteiger partial charge is 0.460 e. The first-order valence-corrected chi connectivity index (χ1v) is 5.06. The average molecular weight is 206 g/mol. The van der Waals surface area contributed by atoms with Crippen LogP contribution in [0.15, 0.2) is 21.7 Å². The molecule has 1 heterocycles. The first kappa shape index (κ1) is 9.96. The number of carbonyl (C=O) groups is 1. The Morgan fingerprint density at radius 1 is 1.67 bits per heavy atom. The van der Waals surface area contributed by atoms with E-state index in [9.17, 15) is 4.79 Å². The third-order valence-electron chi connectivity index (χ3n) is 2.54. The zero-order chi connectivity index (χ0) is 10.8. The summed E-state index contributed by atoms with van der Waals surface area (Å²) in [6.45, 7) is 3.62. The molecular formula is C11H14N2O2. The molecule has 1 aliphatic carbocycles. The fraction of sp³-hybridized carbons (Fsp3) is 0.455. The molecule has 0 saturated heterocycles. The SMILES string of the molecule is CC(=O)N/N=C\c1ccc([C@@H]2C[C@@H]2C)o1. The highest BCUT2D eigenvalue weighted by molar-refractivity contribution is 5.79. The molecule has 0 bridgehead atoms. The van der Waals surface area contributed by atoms with Crippen LogP contribution < -0.4 is 5.43 Å². The molecule has 80 valence electrons. The highest BCUT2D eigenvalue weighted by Crippen LogP contribution is 2.47. The van der Waals surface area contributed by atoms with E-state index in [1.807, 2.05) is 12.1 Å². The summed E-state index contributed by atoms with van der Waals surface area (Å²) in [7, 11) is 0. The summed E-state index contributed by atoms with van der Waals surface area (Å²) in [5.41, 5.74) is 2.33. The molecular weight excluding hydrogens is 192 g/mol. The van der Waals surface area contributed by atoms with Gasteiger partial charge in [0.25, 0.3) is 0 Å². The highest BCUT2D eigenvalue weighted by Gasteiger charge is 2.36. The van der Waals surface area contributed by atoms with E-state index in [0.29, 0.717) is 11.7 Å². The van der Waals surface area contributed by atoms with Crippen LogP contribution in [0.4, 0.5) is 0 Å². The second-order valence-corrected chi connectivity index (χ2v) is 3.99. The van der Waals surface area contributed by atoms with E-state index in [2.05, 4.69) is 17.5 Å². The molecule has 15 heavy (non-hydrogen) atoms. The Bertz CT molecular complexity index is 395. The van der Waals surface area contributed by atoms with Crippen molar-refractivity contribution in [3.8, 4) is 0 Å². The number of hydrogen-bond acceptors (Lipinski definition) is 3. The van der Waals surface area contributed by atoms with Crippen LogP contribution in [-0.4, -0.2) is 12.1 Å². The Labute approximate surface area is 88.4 Å². The van der Waals surface area contributed by atoms with Gasteiger partial charge in [-0.05, 0) is 24.5 Å². The molecule has 1 N–H and O–H groups in total. The minimum absolute atomic E-state index is 0.186. The minimum atomic E-state index is -0.186. The molecule has 4 nitrogen and oxygen atoms in total. The molecule has 1 amide bonds. The molecule has 1 aliphatic rings. The zero-order valence-electron chi connectivity index (χ0n) is 8.86. The summed E-state index contributed by atoms with van der Waals surface area (Å²) in [5.74, 6) is 2.82. The van der Waals surface area contributed by atoms with E-state index >= 15 is 0 Å². The fourth-order valence-electron chi connectivity index (χ4n) is 1.54. The van der Waals surface area contributed by atoms with E-state index in [-0.39, 0.29) is 5.91 Å². The van der Waals surface area contributed by atoms with Crippen molar-refractivity contribution < 1.29 is 9.21 Å². The van der Waals surface area contributed by atoms with Crippen molar-refractivity contribution in [3.05, 3.63) is 23.7 Å². The summed E-state index contributed by atoms with van der Waals surface area (Å²) in [6.07, 6.45) is 2.72. The molecule has 0 aliphatic heterocycles. The molecule has 0 radical (unpaired) electrons. The van der Waals surface area contributed by atoms with Crippen molar-refractivity contribution in [1.29, 1.82) is 0 Å². The topological polar surface area (TPSA) is 54.6 Å². The molecule has 2 atom stereocenters. The van der Waals surface area contributed by atoms with Crippen molar-refractivity contribution in [2.24, 2.45) is 11.0 Å². The van der Waals surface area contributed by atoms with Crippen molar-refractivity contribution in [2.75, 3.05) is 0 Å². The Hall–Kier alpha value is -1.58. The number of furan rings is 1. The van der Waals surface area contributed by atoms with Crippen LogP contribution in [0.2, 0.25) is 0 Å². The van der Waals surface area contributed by atoms with Crippen LogP contribution in [0.5, 0.6) is 0 Å². The quantitative estimate of drug-likeness (QED) is 0.606. The molecule has 0 aromatic carbocycles. The third-order valence-corrected chi connectivity index (χ3v) is 2.54. The lowest BCUT2D eigenvalue weighted by atomic mass is 10.3. The summed E-state index contributed by atoms with van der Waals surface area (Å²) < 4.78 is 5.56. The van der Waals surface area contributed by atoms with Gasteiger partial charge in [-0.15, -0.1) is 0 Å². The molecule has 1 saturated carbocycles. The molecule has 1 fully saturated rings. The van der Waals surface area contributed by atoms with Gasteiger partial charge in [0.1, 0.15) is 11.5 Å². The lowest BCUT2D eigenvalue weighted by Crippen LogP contribution is -2.12. The van der Waals surface area contributed by atoms with E-state index in [0.717, 1.165) is 11.7 Å². The summed E-state index contributed by atoms with van der Waals surface area (Å²) in [5, 5.41) is 3.73. The second-order valence-electron chi connectivity index (χ2n) is 3.99. The average Bonchev–Trinajstić information content (AvgIpc) is 2.73. The van der Waals surface area contributed by atoms with E-state index in [4.69, 9.17) is 4.42 Å². The van der Waals surface area contributed by atoms with E-state index in [1.165, 1.54) is 19.6 Å². The first-order chi connectivity index (χ1) is 7.16. The van der Waals surface area contributed by atoms with Gasteiger partial charge in [-0.25, -0.2) is 5.43 Å². The van der Waals surface area contributed by atoms with Gasteiger partial charge in [-0.2, -0.15) is 5.10 Å². The number of hydrogen-bond donors (Lipinski definition) is 1. The van der Waals surface area contributed by atoms with Crippen LogP contribution in [0.3, 0.4) is 0 Å².